The molecule has 0 N–H and O–H groups in total. The average Bonchev–Trinajstić information content (AvgIpc) is 3.38. The molecule has 2 aromatic heterocycles. The van der Waals surface area contributed by atoms with Crippen molar-refractivity contribution in [3.63, 3.8) is 0 Å². The summed E-state index contributed by atoms with van der Waals surface area (Å²) in [7, 11) is 0. The monoisotopic (exact) mass is 542 g/mol. The van der Waals surface area contributed by atoms with Crippen LogP contribution in [-0.4, -0.2) is 68.0 Å². The number of aromatic nitrogens is 4. The average molecular weight is 543 g/mol. The van der Waals surface area contributed by atoms with E-state index in [-0.39, 0.29) is 21.9 Å². The quantitative estimate of drug-likeness (QED) is 0.260. The lowest BCUT2D eigenvalue weighted by atomic mass is 9.94. The van der Waals surface area contributed by atoms with Gasteiger partial charge in [-0.15, -0.1) is 0 Å². The van der Waals surface area contributed by atoms with Gasteiger partial charge in [0.2, 0.25) is 5.60 Å². The molecule has 1 fully saturated rings. The number of carbonyl (C=O) groups is 3. The van der Waals surface area contributed by atoms with Crippen LogP contribution in [0.15, 0.2) is 43.0 Å². The molecule has 15 heteroatoms. The molecule has 0 unspecified atom stereocenters. The second-order valence-corrected chi connectivity index (χ2v) is 8.29. The Balaban J connectivity index is 1.82. The van der Waals surface area contributed by atoms with E-state index in [1.807, 2.05) is 0 Å². The fourth-order valence-corrected chi connectivity index (χ4v) is 4.08. The Kier molecular flexibility index (Phi) is 7.06. The van der Waals surface area contributed by atoms with Crippen molar-refractivity contribution in [3.05, 3.63) is 53.7 Å². The molecule has 37 heavy (non-hydrogen) atoms. The second kappa shape index (κ2) is 9.94. The summed E-state index contributed by atoms with van der Waals surface area (Å²) < 4.78 is 66.0. The van der Waals surface area contributed by atoms with Crippen LogP contribution in [0.25, 0.3) is 11.2 Å². The van der Waals surface area contributed by atoms with Crippen LogP contribution in [0.5, 0.6) is 0 Å². The molecule has 4 atom stereocenters. The minimum atomic E-state index is -5.29. The molecule has 11 nitrogen and oxygen atoms in total. The summed E-state index contributed by atoms with van der Waals surface area (Å²) in [4.78, 5) is 48.1. The molecule has 0 aliphatic carbocycles. The molecule has 3 heterocycles. The first-order valence-electron chi connectivity index (χ1n) is 10.6. The molecule has 0 bridgehead atoms. The highest BCUT2D eigenvalue weighted by Crippen LogP contribution is 2.50. The lowest BCUT2D eigenvalue weighted by Gasteiger charge is -2.35. The van der Waals surface area contributed by atoms with Crippen LogP contribution in [0.1, 0.15) is 30.4 Å². The van der Waals surface area contributed by atoms with Crippen LogP contribution in [0, 0.1) is 0 Å². The van der Waals surface area contributed by atoms with Gasteiger partial charge in [0.05, 0.1) is 11.9 Å². The van der Waals surface area contributed by atoms with Crippen molar-refractivity contribution in [1.29, 1.82) is 0 Å². The highest BCUT2D eigenvalue weighted by atomic mass is 35.5. The van der Waals surface area contributed by atoms with Gasteiger partial charge in [0, 0.05) is 13.8 Å². The van der Waals surface area contributed by atoms with Crippen LogP contribution >= 0.6 is 11.6 Å². The number of imidazole rings is 1. The highest BCUT2D eigenvalue weighted by molar-refractivity contribution is 6.33. The van der Waals surface area contributed by atoms with E-state index in [9.17, 15) is 27.6 Å². The van der Waals surface area contributed by atoms with Crippen LogP contribution in [-0.2, 0) is 28.5 Å². The Morgan fingerprint density at radius 1 is 1.08 bits per heavy atom. The van der Waals surface area contributed by atoms with Crippen molar-refractivity contribution in [3.8, 4) is 0 Å². The third kappa shape index (κ3) is 4.93. The second-order valence-electron chi connectivity index (χ2n) is 7.93. The topological polar surface area (TPSA) is 132 Å². The summed E-state index contributed by atoms with van der Waals surface area (Å²) in [5.74, 6) is -3.21. The first kappa shape index (κ1) is 26.3. The number of alkyl halides is 3. The number of esters is 3. The van der Waals surface area contributed by atoms with Gasteiger partial charge in [0.15, 0.2) is 29.2 Å². The molecule has 0 spiro atoms. The Hall–Kier alpha value is -3.78. The number of benzene rings is 1. The number of ether oxygens (including phenoxy) is 4. The number of hydrogen-bond acceptors (Lipinski definition) is 10. The smallest absolute Gasteiger partial charge is 0.424 e. The largest absolute Gasteiger partial charge is 0.458 e. The number of hydrogen-bond donors (Lipinski definition) is 0. The van der Waals surface area contributed by atoms with Gasteiger partial charge in [-0.25, -0.2) is 19.7 Å². The Labute approximate surface area is 211 Å². The maximum absolute atomic E-state index is 14.8. The molecule has 196 valence electrons. The lowest BCUT2D eigenvalue weighted by Crippen LogP contribution is -2.59. The van der Waals surface area contributed by atoms with Crippen LogP contribution in [0.2, 0.25) is 5.15 Å². The van der Waals surface area contributed by atoms with Gasteiger partial charge < -0.3 is 18.9 Å². The molecule has 0 radical (unpaired) electrons. The summed E-state index contributed by atoms with van der Waals surface area (Å²) in [6, 6.07) is 7.27. The predicted molar refractivity (Wildman–Crippen MR) is 117 cm³/mol. The molecule has 0 amide bonds. The normalized spacial score (nSPS) is 23.6. The first-order valence-corrected chi connectivity index (χ1v) is 11.0. The third-order valence-electron chi connectivity index (χ3n) is 5.46. The zero-order valence-electron chi connectivity index (χ0n) is 19.1. The van der Waals surface area contributed by atoms with Crippen molar-refractivity contribution in [2.75, 3.05) is 6.61 Å². The number of nitrogens with zero attached hydrogens (tertiary/aromatic N) is 4. The summed E-state index contributed by atoms with van der Waals surface area (Å²) >= 11 is 6.01. The Bertz CT molecular complexity index is 1340. The molecular formula is C22H18ClF3N4O7. The van der Waals surface area contributed by atoms with E-state index in [0.29, 0.717) is 0 Å². The maximum atomic E-state index is 14.8. The fourth-order valence-electron chi connectivity index (χ4n) is 3.90. The molecular weight excluding hydrogens is 525 g/mol. The molecule has 1 saturated heterocycles. The maximum Gasteiger partial charge on any atom is 0.424 e. The van der Waals surface area contributed by atoms with E-state index < -0.39 is 54.7 Å². The minimum Gasteiger partial charge on any atom is -0.458 e. The molecule has 1 aliphatic rings. The minimum absolute atomic E-state index is 0.0260. The summed E-state index contributed by atoms with van der Waals surface area (Å²) in [6.07, 6.45) is -9.11. The van der Waals surface area contributed by atoms with Gasteiger partial charge in [-0.2, -0.15) is 13.2 Å². The van der Waals surface area contributed by atoms with Gasteiger partial charge in [-0.1, -0.05) is 29.8 Å². The molecule has 1 aliphatic heterocycles. The zero-order valence-corrected chi connectivity index (χ0v) is 19.9. The third-order valence-corrected chi connectivity index (χ3v) is 5.74. The zero-order chi connectivity index (χ0) is 27.0. The van der Waals surface area contributed by atoms with E-state index in [0.717, 1.165) is 31.1 Å². The standard InChI is InChI=1S/C22H18ClF3N4O7/c1-11(31)35-15-16(36-12(2)32)21(22(24,25)26,8-34-20(33)13-6-4-3-5-7-13)37-19(15)30-10-29-14-17(23)27-9-28-18(14)30/h3-7,9-10,15-16,19H,8H2,1-2H3/t15-,16+,19-,21-/m1/s1. The summed E-state index contributed by atoms with van der Waals surface area (Å²) in [6.45, 7) is 0.393. The number of halogens is 4. The van der Waals surface area contributed by atoms with E-state index in [1.54, 1.807) is 6.07 Å². The van der Waals surface area contributed by atoms with Gasteiger partial charge in [0.25, 0.3) is 0 Å². The number of carbonyl (C=O) groups excluding carboxylic acids is 3. The van der Waals surface area contributed by atoms with E-state index >= 15 is 0 Å². The first-order chi connectivity index (χ1) is 17.4. The SMILES string of the molecule is CC(=O)O[C@H]1[C@H](n2cnc3c(Cl)ncnc32)O[C@@](COC(=O)c2ccccc2)(C(F)(F)F)[C@H]1OC(C)=O. The number of rotatable bonds is 6. The lowest BCUT2D eigenvalue weighted by molar-refractivity contribution is -0.306. The Morgan fingerprint density at radius 2 is 1.76 bits per heavy atom. The fraction of sp³-hybridized carbons (Fsp3) is 0.364. The number of fused-ring (bicyclic) bond motifs is 1. The van der Waals surface area contributed by atoms with Crippen molar-refractivity contribution < 1.29 is 46.5 Å². The van der Waals surface area contributed by atoms with E-state index in [4.69, 9.17) is 30.5 Å². The van der Waals surface area contributed by atoms with Crippen LogP contribution in [0.3, 0.4) is 0 Å². The van der Waals surface area contributed by atoms with Crippen LogP contribution in [0.4, 0.5) is 13.2 Å². The summed E-state index contributed by atoms with van der Waals surface area (Å²) in [5.41, 5.74) is -3.50. The van der Waals surface area contributed by atoms with Gasteiger partial charge in [-0.05, 0) is 12.1 Å². The van der Waals surface area contributed by atoms with Crippen LogP contribution < -0.4 is 0 Å². The molecule has 3 aromatic rings. The molecule has 0 saturated carbocycles. The predicted octanol–water partition coefficient (Wildman–Crippen LogP) is 3.03. The van der Waals surface area contributed by atoms with Crippen molar-refractivity contribution >= 4 is 40.7 Å². The molecule has 4 rings (SSSR count). The van der Waals surface area contributed by atoms with Gasteiger partial charge >= 0.3 is 24.1 Å². The van der Waals surface area contributed by atoms with Crippen molar-refractivity contribution in [2.24, 2.45) is 0 Å². The Morgan fingerprint density at radius 3 is 2.38 bits per heavy atom. The van der Waals surface area contributed by atoms with Gasteiger partial charge in [0.1, 0.15) is 18.5 Å². The van der Waals surface area contributed by atoms with Crippen molar-refractivity contribution in [2.45, 2.75) is 44.1 Å². The summed E-state index contributed by atoms with van der Waals surface area (Å²) in [5, 5.41) is -0.0961. The molecule has 1 aromatic carbocycles. The van der Waals surface area contributed by atoms with E-state index in [1.165, 1.54) is 24.3 Å². The highest BCUT2D eigenvalue weighted by Gasteiger charge is 2.73. The van der Waals surface area contributed by atoms with Crippen molar-refractivity contribution in [1.82, 2.24) is 19.5 Å². The van der Waals surface area contributed by atoms with Gasteiger partial charge in [-0.3, -0.25) is 14.2 Å². The van der Waals surface area contributed by atoms with E-state index in [2.05, 4.69) is 15.0 Å².